The molecule has 2 rings (SSSR count). The van der Waals surface area contributed by atoms with Crippen molar-refractivity contribution in [3.8, 4) is 0 Å². The molecule has 0 amide bonds. The molecule has 0 spiro atoms. The molecule has 0 unspecified atom stereocenters. The van der Waals surface area contributed by atoms with Crippen LogP contribution in [0.1, 0.15) is 15.9 Å². The van der Waals surface area contributed by atoms with E-state index in [9.17, 15) is 13.2 Å². The van der Waals surface area contributed by atoms with Crippen LogP contribution in [0.2, 0.25) is 0 Å². The minimum atomic E-state index is -3.71. The second kappa shape index (κ2) is 5.87. The first-order valence-corrected chi connectivity index (χ1v) is 8.19. The number of anilines is 1. The van der Waals surface area contributed by atoms with Gasteiger partial charge in [-0.1, -0.05) is 22.0 Å². The zero-order valence-corrected chi connectivity index (χ0v) is 13.4. The highest BCUT2D eigenvalue weighted by Gasteiger charge is 2.15. The predicted octanol–water partition coefficient (Wildman–Crippen LogP) is 3.26. The lowest BCUT2D eigenvalue weighted by atomic mass is 10.1. The summed E-state index contributed by atoms with van der Waals surface area (Å²) in [5.74, 6) is -1.05. The quantitative estimate of drug-likeness (QED) is 0.866. The summed E-state index contributed by atoms with van der Waals surface area (Å²) < 4.78 is 27.6. The van der Waals surface area contributed by atoms with Gasteiger partial charge in [-0.2, -0.15) is 0 Å². The van der Waals surface area contributed by atoms with E-state index in [-0.39, 0.29) is 10.5 Å². The van der Waals surface area contributed by atoms with E-state index in [2.05, 4.69) is 20.7 Å². The lowest BCUT2D eigenvalue weighted by molar-refractivity contribution is 0.0696. The number of carboxylic acid groups (broad SMARTS) is 1. The van der Waals surface area contributed by atoms with Gasteiger partial charge in [-0.05, 0) is 48.9 Å². The van der Waals surface area contributed by atoms with Gasteiger partial charge >= 0.3 is 5.97 Å². The summed E-state index contributed by atoms with van der Waals surface area (Å²) >= 11 is 3.22. The molecular weight excluding hydrogens is 358 g/mol. The van der Waals surface area contributed by atoms with Gasteiger partial charge in [0.05, 0.1) is 10.5 Å². The van der Waals surface area contributed by atoms with Crippen molar-refractivity contribution in [2.75, 3.05) is 4.72 Å². The third-order valence-corrected chi connectivity index (χ3v) is 4.69. The zero-order chi connectivity index (χ0) is 15.6. The number of hydrogen-bond acceptors (Lipinski definition) is 3. The van der Waals surface area contributed by atoms with E-state index < -0.39 is 16.0 Å². The normalized spacial score (nSPS) is 11.1. The van der Waals surface area contributed by atoms with Gasteiger partial charge in [0.2, 0.25) is 0 Å². The van der Waals surface area contributed by atoms with E-state index in [1.807, 2.05) is 0 Å². The zero-order valence-electron chi connectivity index (χ0n) is 11.0. The highest BCUT2D eigenvalue weighted by Crippen LogP contribution is 2.21. The van der Waals surface area contributed by atoms with Crippen molar-refractivity contribution in [3.63, 3.8) is 0 Å². The smallest absolute Gasteiger partial charge is 0.335 e. The number of benzene rings is 2. The molecule has 0 radical (unpaired) electrons. The Kier molecular flexibility index (Phi) is 4.34. The average molecular weight is 370 g/mol. The van der Waals surface area contributed by atoms with Gasteiger partial charge in [-0.25, -0.2) is 13.2 Å². The number of aryl methyl sites for hydroxylation is 1. The van der Waals surface area contributed by atoms with Crippen LogP contribution >= 0.6 is 15.9 Å². The lowest BCUT2D eigenvalue weighted by Gasteiger charge is -2.10. The number of rotatable bonds is 4. The summed E-state index contributed by atoms with van der Waals surface area (Å²) in [6, 6.07) is 10.6. The topological polar surface area (TPSA) is 83.5 Å². The molecule has 2 aromatic rings. The molecule has 0 aromatic heterocycles. The van der Waals surface area contributed by atoms with Crippen molar-refractivity contribution >= 4 is 37.6 Å². The number of aromatic carboxylic acids is 1. The van der Waals surface area contributed by atoms with Crippen LogP contribution < -0.4 is 4.72 Å². The van der Waals surface area contributed by atoms with Crippen molar-refractivity contribution in [3.05, 3.63) is 58.1 Å². The number of hydrogen-bond donors (Lipinski definition) is 2. The summed E-state index contributed by atoms with van der Waals surface area (Å²) in [5, 5.41) is 8.95. The molecule has 0 aliphatic heterocycles. The van der Waals surface area contributed by atoms with Crippen LogP contribution in [-0.4, -0.2) is 19.5 Å². The Bertz CT molecular complexity index is 802. The van der Waals surface area contributed by atoms with Gasteiger partial charge in [0, 0.05) is 10.2 Å². The van der Waals surface area contributed by atoms with Gasteiger partial charge in [0.1, 0.15) is 0 Å². The number of nitrogens with one attached hydrogen (secondary N) is 1. The second-order valence-corrected chi connectivity index (χ2v) is 7.00. The highest BCUT2D eigenvalue weighted by atomic mass is 79.9. The molecule has 0 heterocycles. The van der Waals surface area contributed by atoms with Crippen molar-refractivity contribution in [1.29, 1.82) is 0 Å². The Balaban J connectivity index is 2.33. The second-order valence-electron chi connectivity index (χ2n) is 4.40. The third-order valence-electron chi connectivity index (χ3n) is 2.82. The standard InChI is InChI=1S/C14H12BrNO4S/c1-9-7-11(5-6-13(9)14(17)18)16-21(19,20)12-4-2-3-10(15)8-12/h2-8,16H,1H3,(H,17,18). The van der Waals surface area contributed by atoms with E-state index in [1.54, 1.807) is 19.1 Å². The van der Waals surface area contributed by atoms with Gasteiger partial charge in [-0.15, -0.1) is 0 Å². The first-order chi connectivity index (χ1) is 9.79. The lowest BCUT2D eigenvalue weighted by Crippen LogP contribution is -2.13. The van der Waals surface area contributed by atoms with Crippen molar-refractivity contribution < 1.29 is 18.3 Å². The van der Waals surface area contributed by atoms with Crippen molar-refractivity contribution in [2.24, 2.45) is 0 Å². The fraction of sp³-hybridized carbons (Fsp3) is 0.0714. The highest BCUT2D eigenvalue weighted by molar-refractivity contribution is 9.10. The maximum absolute atomic E-state index is 12.2. The van der Waals surface area contributed by atoms with Gasteiger partial charge in [0.15, 0.2) is 0 Å². The first-order valence-electron chi connectivity index (χ1n) is 5.92. The van der Waals surface area contributed by atoms with E-state index in [0.29, 0.717) is 15.7 Å². The van der Waals surface area contributed by atoms with Gasteiger partial charge < -0.3 is 5.11 Å². The Morgan fingerprint density at radius 3 is 2.48 bits per heavy atom. The van der Waals surface area contributed by atoms with Crippen LogP contribution in [0.5, 0.6) is 0 Å². The molecule has 0 saturated carbocycles. The Hall–Kier alpha value is -1.86. The molecule has 2 N–H and O–H groups in total. The van der Waals surface area contributed by atoms with Crippen LogP contribution in [0.3, 0.4) is 0 Å². The van der Waals surface area contributed by atoms with Gasteiger partial charge in [-0.3, -0.25) is 4.72 Å². The fourth-order valence-corrected chi connectivity index (χ4v) is 3.46. The fourth-order valence-electron chi connectivity index (χ4n) is 1.82. The minimum absolute atomic E-state index is 0.122. The molecule has 7 heteroatoms. The molecular formula is C14H12BrNO4S. The van der Waals surface area contributed by atoms with E-state index in [1.165, 1.54) is 30.3 Å². The molecule has 110 valence electrons. The summed E-state index contributed by atoms with van der Waals surface area (Å²) in [6.45, 7) is 1.61. The number of carbonyl (C=O) groups is 1. The maximum atomic E-state index is 12.2. The Morgan fingerprint density at radius 1 is 1.19 bits per heavy atom. The molecule has 0 aliphatic carbocycles. The molecule has 0 bridgehead atoms. The van der Waals surface area contributed by atoms with Crippen molar-refractivity contribution in [1.82, 2.24) is 0 Å². The monoisotopic (exact) mass is 369 g/mol. The van der Waals surface area contributed by atoms with Crippen LogP contribution in [-0.2, 0) is 10.0 Å². The van der Waals surface area contributed by atoms with Crippen LogP contribution in [0.25, 0.3) is 0 Å². The van der Waals surface area contributed by atoms with E-state index in [0.717, 1.165) is 0 Å². The summed E-state index contributed by atoms with van der Waals surface area (Å²) in [7, 11) is -3.71. The van der Waals surface area contributed by atoms with E-state index >= 15 is 0 Å². The maximum Gasteiger partial charge on any atom is 0.335 e. The summed E-state index contributed by atoms with van der Waals surface area (Å²) in [5.41, 5.74) is 0.940. The first kappa shape index (κ1) is 15.5. The van der Waals surface area contributed by atoms with Gasteiger partial charge in [0.25, 0.3) is 10.0 Å². The summed E-state index contributed by atoms with van der Waals surface area (Å²) in [4.78, 5) is 11.1. The molecule has 2 aromatic carbocycles. The number of carboxylic acids is 1. The Morgan fingerprint density at radius 2 is 1.90 bits per heavy atom. The van der Waals surface area contributed by atoms with Crippen molar-refractivity contribution in [2.45, 2.75) is 11.8 Å². The van der Waals surface area contributed by atoms with E-state index in [4.69, 9.17) is 5.11 Å². The molecule has 0 fully saturated rings. The molecule has 0 saturated heterocycles. The van der Waals surface area contributed by atoms with Crippen LogP contribution in [0.4, 0.5) is 5.69 Å². The van der Waals surface area contributed by atoms with Crippen LogP contribution in [0, 0.1) is 6.92 Å². The average Bonchev–Trinajstić information content (AvgIpc) is 2.37. The molecule has 0 atom stereocenters. The molecule has 21 heavy (non-hydrogen) atoms. The number of halogens is 1. The third kappa shape index (κ3) is 3.62. The predicted molar refractivity (Wildman–Crippen MR) is 83.1 cm³/mol. The Labute approximate surface area is 130 Å². The molecule has 0 aliphatic rings. The SMILES string of the molecule is Cc1cc(NS(=O)(=O)c2cccc(Br)c2)ccc1C(=O)O. The largest absolute Gasteiger partial charge is 0.478 e. The molecule has 5 nitrogen and oxygen atoms in total. The van der Waals surface area contributed by atoms with Crippen LogP contribution in [0.15, 0.2) is 51.8 Å². The summed E-state index contributed by atoms with van der Waals surface area (Å²) in [6.07, 6.45) is 0. The minimum Gasteiger partial charge on any atom is -0.478 e. The number of sulfonamides is 1.